The van der Waals surface area contributed by atoms with E-state index in [4.69, 9.17) is 4.74 Å². The van der Waals surface area contributed by atoms with E-state index in [-0.39, 0.29) is 24.5 Å². The van der Waals surface area contributed by atoms with Crippen LogP contribution in [0.25, 0.3) is 0 Å². The van der Waals surface area contributed by atoms with Gasteiger partial charge in [-0.1, -0.05) is 30.3 Å². The fourth-order valence-corrected chi connectivity index (χ4v) is 3.36. The summed E-state index contributed by atoms with van der Waals surface area (Å²) >= 11 is 0. The Bertz CT molecular complexity index is 788. The number of ether oxygens (including phenoxy) is 1. The number of carbonyl (C=O) groups excluding carboxylic acids is 2. The maximum Gasteiger partial charge on any atom is 0.410 e. The molecule has 3 rings (SSSR count). The highest BCUT2D eigenvalue weighted by Gasteiger charge is 2.25. The van der Waals surface area contributed by atoms with Gasteiger partial charge in [0.25, 0.3) is 5.91 Å². The lowest BCUT2D eigenvalue weighted by molar-refractivity contribution is 0.0776. The molecule has 2 amide bonds. The molecule has 2 heterocycles. The highest BCUT2D eigenvalue weighted by molar-refractivity contribution is 5.95. The van der Waals surface area contributed by atoms with Crippen molar-refractivity contribution in [3.05, 3.63) is 53.3 Å². The van der Waals surface area contributed by atoms with Gasteiger partial charge in [0.1, 0.15) is 6.61 Å². The van der Waals surface area contributed by atoms with Crippen LogP contribution >= 0.6 is 0 Å². The third-order valence-electron chi connectivity index (χ3n) is 4.79. The molecule has 1 aromatic heterocycles. The Morgan fingerprint density at radius 2 is 2.07 bits per heavy atom. The summed E-state index contributed by atoms with van der Waals surface area (Å²) in [5.74, 6) is 0.105. The van der Waals surface area contributed by atoms with Crippen LogP contribution < -0.4 is 5.32 Å². The molecule has 1 aromatic carbocycles. The number of aryl methyl sites for hydroxylation is 2. The maximum absolute atomic E-state index is 12.3. The van der Waals surface area contributed by atoms with Gasteiger partial charge in [0, 0.05) is 32.9 Å². The first-order chi connectivity index (χ1) is 13.0. The van der Waals surface area contributed by atoms with Gasteiger partial charge in [-0.3, -0.25) is 9.48 Å². The number of amides is 2. The van der Waals surface area contributed by atoms with E-state index in [2.05, 4.69) is 10.4 Å². The van der Waals surface area contributed by atoms with E-state index in [1.54, 1.807) is 22.8 Å². The van der Waals surface area contributed by atoms with E-state index in [9.17, 15) is 9.59 Å². The fraction of sp³-hybridized carbons (Fsp3) is 0.450. The maximum atomic E-state index is 12.3. The number of hydrogen-bond acceptors (Lipinski definition) is 4. The largest absolute Gasteiger partial charge is 0.445 e. The molecule has 0 radical (unpaired) electrons. The lowest BCUT2D eigenvalue weighted by atomic mass is 9.98. The van der Waals surface area contributed by atoms with E-state index in [0.29, 0.717) is 30.9 Å². The van der Waals surface area contributed by atoms with Gasteiger partial charge in [0.05, 0.1) is 11.3 Å². The quantitative estimate of drug-likeness (QED) is 0.877. The van der Waals surface area contributed by atoms with Crippen LogP contribution in [0.3, 0.4) is 0 Å². The standard InChI is InChI=1S/C20H26N4O3/c1-15-18(13-23(2)22-15)19(25)21-11-17-9-6-10-24(12-17)20(26)27-14-16-7-4-3-5-8-16/h3-5,7-8,13,17H,6,9-12,14H2,1-2H3,(H,21,25)/t17-/m1/s1. The SMILES string of the molecule is Cc1nn(C)cc1C(=O)NC[C@H]1CCCN(C(=O)OCc2ccccc2)C1. The molecule has 0 spiro atoms. The summed E-state index contributed by atoms with van der Waals surface area (Å²) in [6.45, 7) is 3.92. The van der Waals surface area contributed by atoms with Gasteiger partial charge in [-0.2, -0.15) is 5.10 Å². The van der Waals surface area contributed by atoms with Gasteiger partial charge in [-0.25, -0.2) is 4.79 Å². The van der Waals surface area contributed by atoms with Crippen molar-refractivity contribution in [1.29, 1.82) is 0 Å². The Kier molecular flexibility index (Phi) is 6.11. The number of rotatable bonds is 5. The molecule has 0 unspecified atom stereocenters. The van der Waals surface area contributed by atoms with Crippen LogP contribution in [0, 0.1) is 12.8 Å². The molecule has 0 bridgehead atoms. The van der Waals surface area contributed by atoms with Gasteiger partial charge < -0.3 is 15.0 Å². The second kappa shape index (κ2) is 8.70. The summed E-state index contributed by atoms with van der Waals surface area (Å²) in [5, 5.41) is 7.16. The highest BCUT2D eigenvalue weighted by Crippen LogP contribution is 2.17. The zero-order chi connectivity index (χ0) is 19.2. The molecule has 1 aliphatic rings. The molecule has 144 valence electrons. The first kappa shape index (κ1) is 18.9. The molecule has 1 atom stereocenters. The van der Waals surface area contributed by atoms with Gasteiger partial charge in [0.2, 0.25) is 0 Å². The minimum atomic E-state index is -0.294. The zero-order valence-electron chi connectivity index (χ0n) is 15.9. The summed E-state index contributed by atoms with van der Waals surface area (Å²) in [5.41, 5.74) is 2.27. The first-order valence-electron chi connectivity index (χ1n) is 9.27. The van der Waals surface area contributed by atoms with Crippen molar-refractivity contribution in [3.8, 4) is 0 Å². The Hall–Kier alpha value is -2.83. The molecule has 0 aliphatic carbocycles. The van der Waals surface area contributed by atoms with Crippen LogP contribution in [0.15, 0.2) is 36.5 Å². The molecule has 1 aliphatic heterocycles. The van der Waals surface area contributed by atoms with Crippen LogP contribution in [0.1, 0.15) is 34.5 Å². The van der Waals surface area contributed by atoms with Crippen molar-refractivity contribution in [1.82, 2.24) is 20.0 Å². The average molecular weight is 370 g/mol. The third kappa shape index (κ3) is 5.09. The van der Waals surface area contributed by atoms with E-state index in [1.807, 2.05) is 37.3 Å². The molecule has 2 aromatic rings. The number of nitrogens with one attached hydrogen (secondary N) is 1. The number of carbonyl (C=O) groups is 2. The van der Waals surface area contributed by atoms with Crippen molar-refractivity contribution in [2.24, 2.45) is 13.0 Å². The van der Waals surface area contributed by atoms with E-state index < -0.39 is 0 Å². The fourth-order valence-electron chi connectivity index (χ4n) is 3.36. The van der Waals surface area contributed by atoms with Crippen molar-refractivity contribution in [2.75, 3.05) is 19.6 Å². The number of hydrogen-bond donors (Lipinski definition) is 1. The highest BCUT2D eigenvalue weighted by atomic mass is 16.6. The molecule has 1 N–H and O–H groups in total. The molecule has 1 fully saturated rings. The Morgan fingerprint density at radius 3 is 2.78 bits per heavy atom. The number of benzene rings is 1. The van der Waals surface area contributed by atoms with Crippen LogP contribution in [-0.2, 0) is 18.4 Å². The lowest BCUT2D eigenvalue weighted by Gasteiger charge is -2.32. The predicted octanol–water partition coefficient (Wildman–Crippen LogP) is 2.51. The lowest BCUT2D eigenvalue weighted by Crippen LogP contribution is -2.43. The molecular formula is C20H26N4O3. The second-order valence-corrected chi connectivity index (χ2v) is 7.01. The van der Waals surface area contributed by atoms with E-state index in [1.165, 1.54) is 0 Å². The van der Waals surface area contributed by atoms with Crippen LogP contribution in [0.2, 0.25) is 0 Å². The van der Waals surface area contributed by atoms with Crippen LogP contribution in [0.4, 0.5) is 4.79 Å². The summed E-state index contributed by atoms with van der Waals surface area (Å²) < 4.78 is 7.05. The summed E-state index contributed by atoms with van der Waals surface area (Å²) in [4.78, 5) is 26.4. The van der Waals surface area contributed by atoms with Gasteiger partial charge in [-0.15, -0.1) is 0 Å². The van der Waals surface area contributed by atoms with Gasteiger partial charge in [0.15, 0.2) is 0 Å². The number of nitrogens with zero attached hydrogens (tertiary/aromatic N) is 3. The first-order valence-corrected chi connectivity index (χ1v) is 9.27. The molecule has 27 heavy (non-hydrogen) atoms. The van der Waals surface area contributed by atoms with E-state index in [0.717, 1.165) is 18.4 Å². The van der Waals surface area contributed by atoms with Gasteiger partial charge in [-0.05, 0) is 31.2 Å². The Morgan fingerprint density at radius 1 is 1.30 bits per heavy atom. The summed E-state index contributed by atoms with van der Waals surface area (Å²) in [7, 11) is 1.80. The van der Waals surface area contributed by atoms with Gasteiger partial charge >= 0.3 is 6.09 Å². The molecule has 0 saturated carbocycles. The number of likely N-dealkylation sites (tertiary alicyclic amines) is 1. The molecule has 1 saturated heterocycles. The summed E-state index contributed by atoms with van der Waals surface area (Å²) in [6, 6.07) is 9.64. The Labute approximate surface area is 159 Å². The third-order valence-corrected chi connectivity index (χ3v) is 4.79. The topological polar surface area (TPSA) is 76.5 Å². The van der Waals surface area contributed by atoms with E-state index >= 15 is 0 Å². The van der Waals surface area contributed by atoms with Crippen molar-refractivity contribution in [2.45, 2.75) is 26.4 Å². The van der Waals surface area contributed by atoms with Crippen molar-refractivity contribution >= 4 is 12.0 Å². The minimum absolute atomic E-state index is 0.121. The average Bonchev–Trinajstić information content (AvgIpc) is 3.03. The molecule has 7 nitrogen and oxygen atoms in total. The monoisotopic (exact) mass is 370 g/mol. The number of aromatic nitrogens is 2. The normalized spacial score (nSPS) is 16.8. The van der Waals surface area contributed by atoms with Crippen molar-refractivity contribution < 1.29 is 14.3 Å². The van der Waals surface area contributed by atoms with Crippen LogP contribution in [0.5, 0.6) is 0 Å². The number of piperidine rings is 1. The smallest absolute Gasteiger partial charge is 0.410 e. The predicted molar refractivity (Wildman–Crippen MR) is 101 cm³/mol. The Balaban J connectivity index is 1.46. The zero-order valence-corrected chi connectivity index (χ0v) is 15.9. The van der Waals surface area contributed by atoms with Crippen molar-refractivity contribution in [3.63, 3.8) is 0 Å². The minimum Gasteiger partial charge on any atom is -0.445 e. The second-order valence-electron chi connectivity index (χ2n) is 7.01. The van der Waals surface area contributed by atoms with Crippen LogP contribution in [-0.4, -0.2) is 46.3 Å². The molecule has 7 heteroatoms. The molecular weight excluding hydrogens is 344 g/mol. The summed E-state index contributed by atoms with van der Waals surface area (Å²) in [6.07, 6.45) is 3.32.